The molecule has 0 radical (unpaired) electrons. The highest BCUT2D eigenvalue weighted by Gasteiger charge is 2.16. The molecule has 0 saturated carbocycles. The van der Waals surface area contributed by atoms with Crippen LogP contribution in [0, 0.1) is 0 Å². The summed E-state index contributed by atoms with van der Waals surface area (Å²) in [6, 6.07) is 3.83. The van der Waals surface area contributed by atoms with E-state index in [4.69, 9.17) is 0 Å². The van der Waals surface area contributed by atoms with E-state index in [1.807, 2.05) is 12.1 Å². The summed E-state index contributed by atoms with van der Waals surface area (Å²) in [5.41, 5.74) is 0.786. The number of aromatic amines is 1. The van der Waals surface area contributed by atoms with Gasteiger partial charge in [0.2, 0.25) is 5.95 Å². The molecule has 0 atom stereocenters. The molecular weight excluding hydrogens is 308 g/mol. The number of nitrogens with zero attached hydrogens (tertiary/aromatic N) is 4. The van der Waals surface area contributed by atoms with E-state index in [1.54, 1.807) is 6.20 Å². The lowest BCUT2D eigenvalue weighted by atomic mass is 10.3. The molecule has 3 rings (SSSR count). The number of aromatic nitrogens is 4. The first-order valence-electron chi connectivity index (χ1n) is 6.33. The second-order valence-corrected chi connectivity index (χ2v) is 5.26. The standard InChI is InChI=1S/C12H15BrN6/c13-9-3-1-5-15-10(9)11-16-12(18-17-11)19-7-2-4-14-6-8-19/h1,3,5,14H,2,4,6-8H2,(H,16,17,18). The number of nitrogens with one attached hydrogen (secondary N) is 2. The maximum atomic E-state index is 4.55. The van der Waals surface area contributed by atoms with Crippen molar-refractivity contribution >= 4 is 21.9 Å². The highest BCUT2D eigenvalue weighted by Crippen LogP contribution is 2.23. The van der Waals surface area contributed by atoms with Crippen molar-refractivity contribution in [2.45, 2.75) is 6.42 Å². The van der Waals surface area contributed by atoms with Gasteiger partial charge < -0.3 is 10.2 Å². The molecule has 0 unspecified atom stereocenters. The summed E-state index contributed by atoms with van der Waals surface area (Å²) >= 11 is 3.48. The molecule has 0 spiro atoms. The highest BCUT2D eigenvalue weighted by atomic mass is 79.9. The van der Waals surface area contributed by atoms with Gasteiger partial charge in [-0.3, -0.25) is 10.1 Å². The van der Waals surface area contributed by atoms with Crippen molar-refractivity contribution < 1.29 is 0 Å². The fourth-order valence-corrected chi connectivity index (χ4v) is 2.55. The molecule has 7 heteroatoms. The molecule has 2 N–H and O–H groups in total. The summed E-state index contributed by atoms with van der Waals surface area (Å²) in [4.78, 5) is 11.1. The van der Waals surface area contributed by atoms with Crippen LogP contribution in [0.2, 0.25) is 0 Å². The van der Waals surface area contributed by atoms with E-state index in [-0.39, 0.29) is 0 Å². The van der Waals surface area contributed by atoms with E-state index in [9.17, 15) is 0 Å². The lowest BCUT2D eigenvalue weighted by Gasteiger charge is -2.16. The minimum absolute atomic E-state index is 0.694. The smallest absolute Gasteiger partial charge is 0.245 e. The Bertz CT molecular complexity index is 547. The first-order valence-corrected chi connectivity index (χ1v) is 7.13. The molecule has 19 heavy (non-hydrogen) atoms. The molecule has 3 heterocycles. The summed E-state index contributed by atoms with van der Waals surface area (Å²) in [6.07, 6.45) is 2.86. The average Bonchev–Trinajstić information content (AvgIpc) is 2.75. The van der Waals surface area contributed by atoms with Crippen molar-refractivity contribution in [1.82, 2.24) is 25.5 Å². The van der Waals surface area contributed by atoms with Crippen LogP contribution >= 0.6 is 15.9 Å². The first kappa shape index (κ1) is 12.6. The van der Waals surface area contributed by atoms with E-state index < -0.39 is 0 Å². The molecule has 2 aromatic rings. The van der Waals surface area contributed by atoms with Crippen molar-refractivity contribution in [2.24, 2.45) is 0 Å². The Morgan fingerprint density at radius 1 is 1.26 bits per heavy atom. The van der Waals surface area contributed by atoms with E-state index in [0.29, 0.717) is 5.82 Å². The molecular formula is C12H15BrN6. The number of hydrogen-bond donors (Lipinski definition) is 2. The van der Waals surface area contributed by atoms with E-state index in [1.165, 1.54) is 0 Å². The fraction of sp³-hybridized carbons (Fsp3) is 0.417. The van der Waals surface area contributed by atoms with Crippen LogP contribution in [0.5, 0.6) is 0 Å². The molecule has 0 aromatic carbocycles. The van der Waals surface area contributed by atoms with E-state index in [2.05, 4.69) is 46.3 Å². The number of H-pyrrole nitrogens is 1. The summed E-state index contributed by atoms with van der Waals surface area (Å²) in [5.74, 6) is 1.44. The van der Waals surface area contributed by atoms with Crippen LogP contribution < -0.4 is 10.2 Å². The van der Waals surface area contributed by atoms with Gasteiger partial charge in [0.1, 0.15) is 5.69 Å². The molecule has 0 amide bonds. The maximum Gasteiger partial charge on any atom is 0.245 e. The first-order chi connectivity index (χ1) is 9.34. The van der Waals surface area contributed by atoms with Gasteiger partial charge in [-0.25, -0.2) is 0 Å². The lowest BCUT2D eigenvalue weighted by Crippen LogP contribution is -2.28. The molecule has 1 aliphatic rings. The summed E-state index contributed by atoms with van der Waals surface area (Å²) in [5, 5.41) is 10.6. The molecule has 1 aliphatic heterocycles. The van der Waals surface area contributed by atoms with Gasteiger partial charge in [0.05, 0.1) is 0 Å². The van der Waals surface area contributed by atoms with Gasteiger partial charge in [-0.15, -0.1) is 5.10 Å². The van der Waals surface area contributed by atoms with Gasteiger partial charge in [-0.1, -0.05) is 0 Å². The topological polar surface area (TPSA) is 69.7 Å². The predicted octanol–water partition coefficient (Wildman–Crippen LogP) is 1.43. The van der Waals surface area contributed by atoms with Gasteiger partial charge in [0, 0.05) is 30.3 Å². The monoisotopic (exact) mass is 322 g/mol. The Morgan fingerprint density at radius 3 is 3.11 bits per heavy atom. The van der Waals surface area contributed by atoms with Crippen LogP contribution in [-0.4, -0.2) is 46.3 Å². The quantitative estimate of drug-likeness (QED) is 0.875. The van der Waals surface area contributed by atoms with E-state index >= 15 is 0 Å². The van der Waals surface area contributed by atoms with Crippen molar-refractivity contribution in [3.8, 4) is 11.5 Å². The van der Waals surface area contributed by atoms with Gasteiger partial charge in [-0.05, 0) is 41.0 Å². The third-order valence-corrected chi connectivity index (χ3v) is 3.72. The Morgan fingerprint density at radius 2 is 2.21 bits per heavy atom. The number of halogens is 1. The van der Waals surface area contributed by atoms with Crippen LogP contribution in [-0.2, 0) is 0 Å². The number of pyridine rings is 1. The van der Waals surface area contributed by atoms with Crippen LogP contribution in [0.1, 0.15) is 6.42 Å². The van der Waals surface area contributed by atoms with Crippen LogP contribution in [0.4, 0.5) is 5.95 Å². The fourth-order valence-electron chi connectivity index (χ4n) is 2.11. The number of hydrogen-bond acceptors (Lipinski definition) is 5. The molecule has 0 aliphatic carbocycles. The minimum Gasteiger partial charge on any atom is -0.338 e. The zero-order valence-corrected chi connectivity index (χ0v) is 12.0. The normalized spacial score (nSPS) is 16.4. The summed E-state index contributed by atoms with van der Waals surface area (Å²) in [7, 11) is 0. The molecule has 0 bridgehead atoms. The number of anilines is 1. The largest absolute Gasteiger partial charge is 0.338 e. The minimum atomic E-state index is 0.694. The molecule has 1 saturated heterocycles. The third-order valence-electron chi connectivity index (χ3n) is 3.08. The van der Waals surface area contributed by atoms with Crippen molar-refractivity contribution in [3.63, 3.8) is 0 Å². The molecule has 100 valence electrons. The maximum absolute atomic E-state index is 4.55. The van der Waals surface area contributed by atoms with Crippen LogP contribution in [0.25, 0.3) is 11.5 Å². The van der Waals surface area contributed by atoms with Crippen molar-refractivity contribution in [2.75, 3.05) is 31.1 Å². The van der Waals surface area contributed by atoms with Gasteiger partial charge in [0.25, 0.3) is 0 Å². The Kier molecular flexibility index (Phi) is 3.74. The SMILES string of the molecule is Brc1cccnc1-c1nc(N2CCCNCC2)n[nH]1. The average molecular weight is 323 g/mol. The van der Waals surface area contributed by atoms with Gasteiger partial charge >= 0.3 is 0 Å². The van der Waals surface area contributed by atoms with Crippen molar-refractivity contribution in [3.05, 3.63) is 22.8 Å². The zero-order valence-electron chi connectivity index (χ0n) is 10.4. The molecule has 1 fully saturated rings. The predicted molar refractivity (Wildman–Crippen MR) is 77.0 cm³/mol. The van der Waals surface area contributed by atoms with Gasteiger partial charge in [-0.2, -0.15) is 4.98 Å². The summed E-state index contributed by atoms with van der Waals surface area (Å²) < 4.78 is 0.912. The Hall–Kier alpha value is -1.47. The molecule has 2 aromatic heterocycles. The lowest BCUT2D eigenvalue weighted by molar-refractivity contribution is 0.724. The van der Waals surface area contributed by atoms with Crippen LogP contribution in [0.3, 0.4) is 0 Å². The van der Waals surface area contributed by atoms with Gasteiger partial charge in [0.15, 0.2) is 5.82 Å². The zero-order chi connectivity index (χ0) is 13.1. The highest BCUT2D eigenvalue weighted by molar-refractivity contribution is 9.10. The third kappa shape index (κ3) is 2.76. The molecule has 6 nitrogen and oxygen atoms in total. The second kappa shape index (κ2) is 5.66. The Balaban J connectivity index is 1.85. The summed E-state index contributed by atoms with van der Waals surface area (Å²) in [6.45, 7) is 3.94. The van der Waals surface area contributed by atoms with Crippen molar-refractivity contribution in [1.29, 1.82) is 0 Å². The van der Waals surface area contributed by atoms with E-state index in [0.717, 1.165) is 48.7 Å². The second-order valence-electron chi connectivity index (χ2n) is 4.41. The Labute approximate surface area is 119 Å². The van der Waals surface area contributed by atoms with Crippen LogP contribution in [0.15, 0.2) is 22.8 Å². The number of rotatable bonds is 2.